The van der Waals surface area contributed by atoms with Gasteiger partial charge in [-0.25, -0.2) is 4.98 Å². The van der Waals surface area contributed by atoms with E-state index in [2.05, 4.69) is 0 Å². The molecule has 0 unspecified atom stereocenters. The monoisotopic (exact) mass is 375 g/mol. The van der Waals surface area contributed by atoms with Crippen molar-refractivity contribution in [1.29, 1.82) is 0 Å². The van der Waals surface area contributed by atoms with E-state index in [1.54, 1.807) is 23.8 Å². The summed E-state index contributed by atoms with van der Waals surface area (Å²) < 4.78 is 8.55. The van der Waals surface area contributed by atoms with Gasteiger partial charge in [-0.15, -0.1) is 0 Å². The Bertz CT molecular complexity index is 1320. The van der Waals surface area contributed by atoms with Crippen molar-refractivity contribution < 1.29 is 4.74 Å². The normalized spacial score (nSPS) is 11.4. The molecule has 142 valence electrons. The van der Waals surface area contributed by atoms with Gasteiger partial charge in [-0.05, 0) is 24.6 Å². The van der Waals surface area contributed by atoms with Crippen molar-refractivity contribution in [1.82, 2.24) is 14.1 Å². The molecular formula is C22H21N3O3. The predicted octanol–water partition coefficient (Wildman–Crippen LogP) is 2.87. The van der Waals surface area contributed by atoms with Crippen molar-refractivity contribution in [3.8, 4) is 11.4 Å². The van der Waals surface area contributed by atoms with Crippen molar-refractivity contribution in [3.63, 3.8) is 0 Å². The predicted molar refractivity (Wildman–Crippen MR) is 111 cm³/mol. The minimum Gasteiger partial charge on any atom is -0.383 e. The number of hydrogen-bond acceptors (Lipinski definition) is 4. The summed E-state index contributed by atoms with van der Waals surface area (Å²) in [7, 11) is 3.41. The minimum absolute atomic E-state index is 0.106. The number of rotatable bonds is 4. The maximum absolute atomic E-state index is 13.4. The van der Waals surface area contributed by atoms with Crippen LogP contribution in [0.5, 0.6) is 0 Å². The second kappa shape index (κ2) is 7.05. The van der Waals surface area contributed by atoms with Gasteiger partial charge in [0, 0.05) is 25.1 Å². The van der Waals surface area contributed by atoms with Gasteiger partial charge in [0.1, 0.15) is 11.2 Å². The number of methoxy groups -OCH3 is 1. The van der Waals surface area contributed by atoms with Crippen LogP contribution in [-0.4, -0.2) is 27.8 Å². The van der Waals surface area contributed by atoms with Gasteiger partial charge in [-0.1, -0.05) is 36.4 Å². The van der Waals surface area contributed by atoms with Gasteiger partial charge >= 0.3 is 0 Å². The molecule has 0 radical (unpaired) electrons. The molecule has 0 amide bonds. The van der Waals surface area contributed by atoms with Gasteiger partial charge in [0.15, 0.2) is 5.65 Å². The van der Waals surface area contributed by atoms with Crippen molar-refractivity contribution >= 4 is 21.9 Å². The lowest BCUT2D eigenvalue weighted by Crippen LogP contribution is -2.30. The average Bonchev–Trinajstić information content (AvgIpc) is 2.71. The maximum Gasteiger partial charge on any atom is 0.267 e. The van der Waals surface area contributed by atoms with E-state index >= 15 is 0 Å². The van der Waals surface area contributed by atoms with Crippen molar-refractivity contribution in [2.75, 3.05) is 13.7 Å². The lowest BCUT2D eigenvalue weighted by Gasteiger charge is -2.17. The summed E-state index contributed by atoms with van der Waals surface area (Å²) in [6.07, 6.45) is 0. The third-order valence-electron chi connectivity index (χ3n) is 5.11. The molecule has 0 aliphatic carbocycles. The topological polar surface area (TPSA) is 66.1 Å². The molecule has 0 aliphatic heterocycles. The highest BCUT2D eigenvalue weighted by Gasteiger charge is 2.19. The van der Waals surface area contributed by atoms with Gasteiger partial charge in [0.05, 0.1) is 18.7 Å². The van der Waals surface area contributed by atoms with E-state index in [9.17, 15) is 9.59 Å². The molecule has 0 saturated carbocycles. The molecule has 2 heterocycles. The Balaban J connectivity index is 2.19. The van der Waals surface area contributed by atoms with E-state index in [0.717, 1.165) is 16.6 Å². The van der Waals surface area contributed by atoms with Crippen LogP contribution in [0.4, 0.5) is 0 Å². The Labute approximate surface area is 161 Å². The molecule has 0 fully saturated rings. The largest absolute Gasteiger partial charge is 0.383 e. The molecule has 4 aromatic rings. The molecule has 4 rings (SSSR count). The first kappa shape index (κ1) is 18.1. The summed E-state index contributed by atoms with van der Waals surface area (Å²) in [5.41, 5.74) is 2.37. The molecular weight excluding hydrogens is 354 g/mol. The lowest BCUT2D eigenvalue weighted by atomic mass is 10.1. The molecule has 6 nitrogen and oxygen atoms in total. The van der Waals surface area contributed by atoms with Crippen LogP contribution in [0.15, 0.2) is 58.1 Å². The minimum atomic E-state index is -0.341. The van der Waals surface area contributed by atoms with Crippen molar-refractivity contribution in [3.05, 3.63) is 74.7 Å². The fourth-order valence-electron chi connectivity index (χ4n) is 3.61. The molecule has 2 aromatic carbocycles. The first-order valence-corrected chi connectivity index (χ1v) is 9.11. The number of para-hydroxylation sites is 1. The van der Waals surface area contributed by atoms with Gasteiger partial charge in [-0.2, -0.15) is 0 Å². The Morgan fingerprint density at radius 2 is 1.75 bits per heavy atom. The first-order chi connectivity index (χ1) is 13.5. The summed E-state index contributed by atoms with van der Waals surface area (Å²) in [6.45, 7) is 2.64. The number of nitrogens with zero attached hydrogens (tertiary/aromatic N) is 3. The Kier molecular flexibility index (Phi) is 4.57. The van der Waals surface area contributed by atoms with Gasteiger partial charge in [0.25, 0.3) is 5.56 Å². The van der Waals surface area contributed by atoms with Crippen LogP contribution < -0.4 is 11.0 Å². The number of ether oxygens (including phenoxy) is 1. The number of benzene rings is 2. The van der Waals surface area contributed by atoms with Crippen LogP contribution in [0.2, 0.25) is 0 Å². The zero-order valence-corrected chi connectivity index (χ0v) is 16.1. The highest BCUT2D eigenvalue weighted by molar-refractivity contribution is 5.92. The number of fused-ring (bicyclic) bond motifs is 2. The summed E-state index contributed by atoms with van der Waals surface area (Å²) in [6, 6.07) is 15.0. The molecule has 0 aliphatic rings. The Hall–Kier alpha value is -3.25. The average molecular weight is 375 g/mol. The van der Waals surface area contributed by atoms with E-state index < -0.39 is 0 Å². The molecule has 0 spiro atoms. The van der Waals surface area contributed by atoms with Gasteiger partial charge < -0.3 is 9.30 Å². The zero-order chi connectivity index (χ0) is 19.8. The second-order valence-corrected chi connectivity index (χ2v) is 6.80. The van der Waals surface area contributed by atoms with Crippen LogP contribution in [0.25, 0.3) is 33.3 Å². The van der Waals surface area contributed by atoms with Crippen LogP contribution in [0.3, 0.4) is 0 Å². The van der Waals surface area contributed by atoms with E-state index in [0.29, 0.717) is 30.0 Å². The first-order valence-electron chi connectivity index (χ1n) is 9.11. The quantitative estimate of drug-likeness (QED) is 0.515. The van der Waals surface area contributed by atoms with E-state index in [4.69, 9.17) is 9.72 Å². The molecule has 28 heavy (non-hydrogen) atoms. The number of aromatic nitrogens is 3. The SMILES string of the molecule is COCCn1c(-c2ccccc2C)nc2c(c(=O)c3ccccc3n2C)c1=O. The summed E-state index contributed by atoms with van der Waals surface area (Å²) in [4.78, 5) is 31.3. The smallest absolute Gasteiger partial charge is 0.267 e. The fraction of sp³-hybridized carbons (Fsp3) is 0.227. The number of hydrogen-bond donors (Lipinski definition) is 0. The highest BCUT2D eigenvalue weighted by Crippen LogP contribution is 2.23. The van der Waals surface area contributed by atoms with Gasteiger partial charge in [-0.3, -0.25) is 14.2 Å². The van der Waals surface area contributed by atoms with E-state index in [-0.39, 0.29) is 16.4 Å². The van der Waals surface area contributed by atoms with Gasteiger partial charge in [0.2, 0.25) is 5.43 Å². The molecule has 0 bridgehead atoms. The zero-order valence-electron chi connectivity index (χ0n) is 16.1. The number of aryl methyl sites for hydroxylation is 2. The standard InChI is InChI=1S/C22H21N3O3/c1-14-8-4-5-9-15(14)20-23-21-18(22(27)25(20)12-13-28-3)19(26)16-10-6-7-11-17(16)24(21)2/h4-11H,12-13H2,1-3H3. The van der Waals surface area contributed by atoms with Crippen molar-refractivity contribution in [2.45, 2.75) is 13.5 Å². The maximum atomic E-state index is 13.4. The molecule has 2 aromatic heterocycles. The molecule has 0 N–H and O–H groups in total. The van der Waals surface area contributed by atoms with Crippen LogP contribution >= 0.6 is 0 Å². The number of pyridine rings is 1. The van der Waals surface area contributed by atoms with Crippen LogP contribution in [-0.2, 0) is 18.3 Å². The van der Waals surface area contributed by atoms with Crippen molar-refractivity contribution in [2.24, 2.45) is 7.05 Å². The summed E-state index contributed by atoms with van der Waals surface area (Å²) in [5, 5.41) is 0.618. The fourth-order valence-corrected chi connectivity index (χ4v) is 3.61. The highest BCUT2D eigenvalue weighted by atomic mass is 16.5. The Morgan fingerprint density at radius 3 is 2.50 bits per heavy atom. The lowest BCUT2D eigenvalue weighted by molar-refractivity contribution is 0.186. The van der Waals surface area contributed by atoms with Crippen LogP contribution in [0, 0.1) is 6.92 Å². The summed E-state index contributed by atoms with van der Waals surface area (Å²) >= 11 is 0. The molecule has 0 saturated heterocycles. The van der Waals surface area contributed by atoms with Crippen LogP contribution in [0.1, 0.15) is 5.56 Å². The molecule has 6 heteroatoms. The van der Waals surface area contributed by atoms with E-state index in [1.165, 1.54) is 0 Å². The van der Waals surface area contributed by atoms with E-state index in [1.807, 2.05) is 54.9 Å². The Morgan fingerprint density at radius 1 is 1.04 bits per heavy atom. The third kappa shape index (κ3) is 2.73. The molecule has 0 atom stereocenters. The summed E-state index contributed by atoms with van der Waals surface area (Å²) in [5.74, 6) is 0.540. The second-order valence-electron chi connectivity index (χ2n) is 6.80. The third-order valence-corrected chi connectivity index (χ3v) is 5.11.